The molecule has 0 radical (unpaired) electrons. The van der Waals surface area contributed by atoms with Gasteiger partial charge in [-0.15, -0.1) is 0 Å². The number of hydrogen-bond donors (Lipinski definition) is 1. The molecule has 0 amide bonds. The largest absolute Gasteiger partial charge is 0.331 e. The minimum atomic E-state index is 0.646. The van der Waals surface area contributed by atoms with Crippen molar-refractivity contribution in [3.8, 4) is 0 Å². The summed E-state index contributed by atoms with van der Waals surface area (Å²) in [6.45, 7) is 0.773. The Kier molecular flexibility index (Phi) is 1.08. The van der Waals surface area contributed by atoms with E-state index in [9.17, 15) is 0 Å². The Morgan fingerprint density at radius 2 is 2.42 bits per heavy atom. The molecule has 12 heavy (non-hydrogen) atoms. The maximum Gasteiger partial charge on any atom is 0.134 e. The van der Waals surface area contributed by atoms with Crippen molar-refractivity contribution in [2.45, 2.75) is 25.4 Å². The lowest BCUT2D eigenvalue weighted by atomic mass is 10.3. The Morgan fingerprint density at radius 3 is 3.25 bits per heavy atom. The van der Waals surface area contributed by atoms with Crippen LogP contribution in [-0.2, 0) is 6.54 Å². The fraction of sp³-hybridized carbons (Fsp3) is 0.500. The number of hydrogen-bond acceptors (Lipinski definition) is 3. The molecule has 1 aromatic rings. The van der Waals surface area contributed by atoms with Gasteiger partial charge in [0.25, 0.3) is 0 Å². The zero-order chi connectivity index (χ0) is 7.97. The Morgan fingerprint density at radius 1 is 1.50 bits per heavy atom. The van der Waals surface area contributed by atoms with Gasteiger partial charge >= 0.3 is 0 Å². The molecule has 1 N–H and O–H groups in total. The monoisotopic (exact) mass is 162 g/mol. The minimum Gasteiger partial charge on any atom is -0.331 e. The number of aliphatic imine (C=N–C) groups is 1. The molecule has 0 unspecified atom stereocenters. The zero-order valence-corrected chi connectivity index (χ0v) is 6.70. The molecule has 0 atom stereocenters. The maximum absolute atomic E-state index is 4.33. The van der Waals surface area contributed by atoms with E-state index in [1.54, 1.807) is 6.34 Å². The Balaban J connectivity index is 2.06. The Hall–Kier alpha value is -1.32. The number of nitrogens with zero attached hydrogens (tertiary/aromatic N) is 3. The summed E-state index contributed by atoms with van der Waals surface area (Å²) >= 11 is 0. The van der Waals surface area contributed by atoms with E-state index in [1.165, 1.54) is 18.4 Å². The van der Waals surface area contributed by atoms with Gasteiger partial charge in [0.05, 0.1) is 25.1 Å². The van der Waals surface area contributed by atoms with Gasteiger partial charge in [0.2, 0.25) is 0 Å². The molecule has 2 aliphatic rings. The molecule has 4 heteroatoms. The van der Waals surface area contributed by atoms with Gasteiger partial charge < -0.3 is 5.32 Å². The van der Waals surface area contributed by atoms with Crippen LogP contribution in [0.5, 0.6) is 0 Å². The summed E-state index contributed by atoms with van der Waals surface area (Å²) in [4.78, 5) is 4.12. The molecule has 3 rings (SSSR count). The fourth-order valence-corrected chi connectivity index (χ4v) is 1.52. The van der Waals surface area contributed by atoms with E-state index >= 15 is 0 Å². The summed E-state index contributed by atoms with van der Waals surface area (Å²) < 4.78 is 2.08. The first-order valence-electron chi connectivity index (χ1n) is 4.26. The quantitative estimate of drug-likeness (QED) is 0.673. The van der Waals surface area contributed by atoms with Crippen molar-refractivity contribution in [3.63, 3.8) is 0 Å². The third-order valence-electron chi connectivity index (χ3n) is 2.32. The van der Waals surface area contributed by atoms with Crippen molar-refractivity contribution in [3.05, 3.63) is 11.8 Å². The second-order valence-corrected chi connectivity index (χ2v) is 3.31. The van der Waals surface area contributed by atoms with Gasteiger partial charge in [-0.05, 0) is 12.8 Å². The highest BCUT2D eigenvalue weighted by atomic mass is 15.4. The number of fused-ring (bicyclic) bond motifs is 1. The van der Waals surface area contributed by atoms with E-state index in [0.29, 0.717) is 6.04 Å². The Bertz CT molecular complexity index is 335. The van der Waals surface area contributed by atoms with Crippen molar-refractivity contribution in [1.29, 1.82) is 0 Å². The highest BCUT2D eigenvalue weighted by Crippen LogP contribution is 2.37. The van der Waals surface area contributed by atoms with Crippen molar-refractivity contribution in [2.24, 2.45) is 4.99 Å². The molecule has 0 aromatic carbocycles. The van der Waals surface area contributed by atoms with E-state index < -0.39 is 0 Å². The summed E-state index contributed by atoms with van der Waals surface area (Å²) in [7, 11) is 0. The summed E-state index contributed by atoms with van der Waals surface area (Å²) in [6.07, 6.45) is 6.21. The van der Waals surface area contributed by atoms with Gasteiger partial charge in [-0.3, -0.25) is 4.99 Å². The van der Waals surface area contributed by atoms with Crippen LogP contribution in [-0.4, -0.2) is 16.1 Å². The van der Waals surface area contributed by atoms with Gasteiger partial charge in [-0.2, -0.15) is 5.10 Å². The van der Waals surface area contributed by atoms with E-state index in [-0.39, 0.29) is 0 Å². The first-order chi connectivity index (χ1) is 5.95. The van der Waals surface area contributed by atoms with E-state index in [0.717, 1.165) is 12.4 Å². The standard InChI is InChI=1S/C8H10N4/c1-2-7(1)12-8-6(4-11-12)3-9-5-10-8/h4-5,7H,1-3H2,(H,9,10). The van der Waals surface area contributed by atoms with Crippen LogP contribution in [0.3, 0.4) is 0 Å². The van der Waals surface area contributed by atoms with E-state index in [4.69, 9.17) is 0 Å². The lowest BCUT2D eigenvalue weighted by Gasteiger charge is -2.09. The van der Waals surface area contributed by atoms with Crippen molar-refractivity contribution in [2.75, 3.05) is 5.32 Å². The van der Waals surface area contributed by atoms with Gasteiger partial charge in [-0.25, -0.2) is 4.68 Å². The van der Waals surface area contributed by atoms with Crippen LogP contribution < -0.4 is 5.32 Å². The minimum absolute atomic E-state index is 0.646. The summed E-state index contributed by atoms with van der Waals surface area (Å²) in [6, 6.07) is 0.646. The first-order valence-corrected chi connectivity index (χ1v) is 4.26. The topological polar surface area (TPSA) is 42.2 Å². The van der Waals surface area contributed by atoms with Crippen LogP contribution in [0.15, 0.2) is 11.2 Å². The molecule has 0 saturated heterocycles. The third kappa shape index (κ3) is 0.776. The summed E-state index contributed by atoms with van der Waals surface area (Å²) in [5.74, 6) is 1.15. The molecule has 1 fully saturated rings. The number of nitrogens with one attached hydrogen (secondary N) is 1. The molecular weight excluding hydrogens is 152 g/mol. The average Bonchev–Trinajstić information content (AvgIpc) is 2.86. The molecular formula is C8H10N4. The highest BCUT2D eigenvalue weighted by molar-refractivity contribution is 5.77. The fourth-order valence-electron chi connectivity index (χ4n) is 1.52. The third-order valence-corrected chi connectivity index (χ3v) is 2.32. The lowest BCUT2D eigenvalue weighted by Crippen LogP contribution is -2.09. The number of anilines is 1. The molecule has 1 aromatic heterocycles. The molecule has 0 spiro atoms. The van der Waals surface area contributed by atoms with E-state index in [1.807, 2.05) is 6.20 Å². The van der Waals surface area contributed by atoms with Crippen LogP contribution >= 0.6 is 0 Å². The van der Waals surface area contributed by atoms with Gasteiger partial charge in [0.1, 0.15) is 5.82 Å². The number of rotatable bonds is 1. The van der Waals surface area contributed by atoms with Crippen LogP contribution in [0.2, 0.25) is 0 Å². The molecule has 4 nitrogen and oxygen atoms in total. The van der Waals surface area contributed by atoms with Gasteiger partial charge in [0, 0.05) is 5.56 Å². The predicted molar refractivity (Wildman–Crippen MR) is 46.3 cm³/mol. The van der Waals surface area contributed by atoms with Crippen molar-refractivity contribution < 1.29 is 0 Å². The van der Waals surface area contributed by atoms with Crippen molar-refractivity contribution in [1.82, 2.24) is 9.78 Å². The molecule has 0 bridgehead atoms. The number of aromatic nitrogens is 2. The summed E-state index contributed by atoms with van der Waals surface area (Å²) in [5.41, 5.74) is 1.21. The smallest absolute Gasteiger partial charge is 0.134 e. The summed E-state index contributed by atoms with van der Waals surface area (Å²) in [5, 5.41) is 7.48. The predicted octanol–water partition coefficient (Wildman–Crippen LogP) is 1.17. The average molecular weight is 162 g/mol. The highest BCUT2D eigenvalue weighted by Gasteiger charge is 2.28. The van der Waals surface area contributed by atoms with Crippen molar-refractivity contribution >= 4 is 12.2 Å². The maximum atomic E-state index is 4.33. The normalized spacial score (nSPS) is 20.3. The van der Waals surface area contributed by atoms with Crippen LogP contribution in [0, 0.1) is 0 Å². The Labute approximate surface area is 70.3 Å². The second kappa shape index (κ2) is 2.09. The molecule has 1 aliphatic heterocycles. The van der Waals surface area contributed by atoms with Gasteiger partial charge in [0.15, 0.2) is 0 Å². The zero-order valence-electron chi connectivity index (χ0n) is 6.70. The van der Waals surface area contributed by atoms with E-state index in [2.05, 4.69) is 20.1 Å². The molecule has 1 saturated carbocycles. The van der Waals surface area contributed by atoms with Gasteiger partial charge in [-0.1, -0.05) is 0 Å². The lowest BCUT2D eigenvalue weighted by molar-refractivity contribution is 0.650. The SMILES string of the molecule is C1=NCc2cnn(C3CC3)c2N1. The molecule has 1 aliphatic carbocycles. The molecule has 2 heterocycles. The first kappa shape index (κ1) is 6.22. The van der Waals surface area contributed by atoms with Crippen LogP contribution in [0.1, 0.15) is 24.4 Å². The van der Waals surface area contributed by atoms with Crippen LogP contribution in [0.4, 0.5) is 5.82 Å². The van der Waals surface area contributed by atoms with Crippen LogP contribution in [0.25, 0.3) is 0 Å². The molecule has 62 valence electrons. The second-order valence-electron chi connectivity index (χ2n) is 3.31.